The monoisotopic (exact) mass is 374 g/mol. The highest BCUT2D eigenvalue weighted by Crippen LogP contribution is 2.24. The molecule has 0 unspecified atom stereocenters. The molecule has 7 nitrogen and oxygen atoms in total. The smallest absolute Gasteiger partial charge is 0.287 e. The molecule has 0 saturated heterocycles. The van der Waals surface area contributed by atoms with E-state index in [1.807, 2.05) is 59.2 Å². The molecule has 2 aromatic carbocycles. The summed E-state index contributed by atoms with van der Waals surface area (Å²) in [7, 11) is 0. The highest BCUT2D eigenvalue weighted by Gasteiger charge is 2.21. The molecule has 2 N–H and O–H groups in total. The minimum Gasteiger partial charge on any atom is -0.459 e. The third-order valence-corrected chi connectivity index (χ3v) is 4.30. The maximum atomic E-state index is 12.7. The number of furan rings is 1. The Morgan fingerprint density at radius 2 is 1.75 bits per heavy atom. The maximum absolute atomic E-state index is 12.7. The summed E-state index contributed by atoms with van der Waals surface area (Å²) in [4.78, 5) is 29.3. The van der Waals surface area contributed by atoms with Gasteiger partial charge in [0.05, 0.1) is 17.3 Å². The maximum Gasteiger partial charge on any atom is 0.287 e. The Morgan fingerprint density at radius 3 is 2.50 bits per heavy atom. The van der Waals surface area contributed by atoms with Crippen molar-refractivity contribution in [2.24, 2.45) is 0 Å². The van der Waals surface area contributed by atoms with Gasteiger partial charge >= 0.3 is 0 Å². The normalized spacial score (nSPS) is 11.9. The molecule has 7 heteroatoms. The van der Waals surface area contributed by atoms with Gasteiger partial charge in [-0.3, -0.25) is 19.5 Å². The SMILES string of the molecule is C[C@@H](NC(=O)c1ccco1)C(=O)Nc1nc2ccccc2n1-c1ccccc1. The first kappa shape index (κ1) is 17.5. The molecule has 0 bridgehead atoms. The Hall–Kier alpha value is -3.87. The fourth-order valence-electron chi connectivity index (χ4n) is 2.91. The first-order valence-electron chi connectivity index (χ1n) is 8.81. The van der Waals surface area contributed by atoms with E-state index < -0.39 is 11.9 Å². The van der Waals surface area contributed by atoms with Crippen LogP contribution in [0.2, 0.25) is 0 Å². The molecular weight excluding hydrogens is 356 g/mol. The predicted octanol–water partition coefficient (Wildman–Crippen LogP) is 3.38. The van der Waals surface area contributed by atoms with Crippen LogP contribution in [0.5, 0.6) is 0 Å². The highest BCUT2D eigenvalue weighted by atomic mass is 16.3. The van der Waals surface area contributed by atoms with Crippen LogP contribution >= 0.6 is 0 Å². The second-order valence-corrected chi connectivity index (χ2v) is 6.26. The van der Waals surface area contributed by atoms with Crippen molar-refractivity contribution in [1.29, 1.82) is 0 Å². The van der Waals surface area contributed by atoms with Gasteiger partial charge in [-0.25, -0.2) is 4.98 Å². The molecule has 0 fully saturated rings. The molecule has 2 aromatic heterocycles. The van der Waals surface area contributed by atoms with Gasteiger partial charge in [0.1, 0.15) is 6.04 Å². The van der Waals surface area contributed by atoms with Gasteiger partial charge in [0.2, 0.25) is 11.9 Å². The molecule has 140 valence electrons. The number of para-hydroxylation sites is 3. The summed E-state index contributed by atoms with van der Waals surface area (Å²) in [5.41, 5.74) is 2.50. The van der Waals surface area contributed by atoms with E-state index in [1.54, 1.807) is 13.0 Å². The number of carbonyl (C=O) groups excluding carboxylic acids is 2. The quantitative estimate of drug-likeness (QED) is 0.560. The van der Waals surface area contributed by atoms with Crippen LogP contribution in [-0.2, 0) is 4.79 Å². The average Bonchev–Trinajstić information content (AvgIpc) is 3.36. The van der Waals surface area contributed by atoms with Crippen LogP contribution < -0.4 is 10.6 Å². The van der Waals surface area contributed by atoms with Crippen molar-refractivity contribution in [2.45, 2.75) is 13.0 Å². The molecule has 2 amide bonds. The molecule has 0 aliphatic carbocycles. The highest BCUT2D eigenvalue weighted by molar-refractivity contribution is 6.00. The molecule has 2 heterocycles. The summed E-state index contributed by atoms with van der Waals surface area (Å²) in [6.45, 7) is 1.60. The summed E-state index contributed by atoms with van der Waals surface area (Å²) in [6.07, 6.45) is 1.40. The van der Waals surface area contributed by atoms with Gasteiger partial charge in [-0.1, -0.05) is 30.3 Å². The summed E-state index contributed by atoms with van der Waals surface area (Å²) in [5, 5.41) is 5.43. The molecule has 1 atom stereocenters. The first-order valence-corrected chi connectivity index (χ1v) is 8.81. The Bertz CT molecular complexity index is 1120. The molecule has 0 aliphatic heterocycles. The zero-order valence-electron chi connectivity index (χ0n) is 15.1. The molecule has 0 saturated carbocycles. The molecule has 0 radical (unpaired) electrons. The van der Waals surface area contributed by atoms with E-state index in [9.17, 15) is 9.59 Å². The number of amides is 2. The Labute approximate surface area is 161 Å². The molecule has 28 heavy (non-hydrogen) atoms. The van der Waals surface area contributed by atoms with Crippen LogP contribution in [0.4, 0.5) is 5.95 Å². The number of nitrogens with one attached hydrogen (secondary N) is 2. The van der Waals surface area contributed by atoms with E-state index in [0.717, 1.165) is 16.7 Å². The lowest BCUT2D eigenvalue weighted by Crippen LogP contribution is -2.41. The Balaban J connectivity index is 1.61. The molecule has 0 aliphatic rings. The number of anilines is 1. The molecule has 4 aromatic rings. The second kappa shape index (κ2) is 7.40. The van der Waals surface area contributed by atoms with Crippen molar-refractivity contribution < 1.29 is 14.0 Å². The van der Waals surface area contributed by atoms with Crippen molar-refractivity contribution in [3.63, 3.8) is 0 Å². The third kappa shape index (κ3) is 3.37. The van der Waals surface area contributed by atoms with E-state index in [1.165, 1.54) is 12.3 Å². The largest absolute Gasteiger partial charge is 0.459 e. The van der Waals surface area contributed by atoms with E-state index in [2.05, 4.69) is 15.6 Å². The van der Waals surface area contributed by atoms with Crippen molar-refractivity contribution in [2.75, 3.05) is 5.32 Å². The van der Waals surface area contributed by atoms with Crippen LogP contribution in [0.25, 0.3) is 16.7 Å². The minimum atomic E-state index is -0.776. The van der Waals surface area contributed by atoms with Crippen LogP contribution in [-0.4, -0.2) is 27.4 Å². The van der Waals surface area contributed by atoms with Gasteiger partial charge < -0.3 is 9.73 Å². The van der Waals surface area contributed by atoms with E-state index in [-0.39, 0.29) is 11.7 Å². The van der Waals surface area contributed by atoms with Crippen molar-refractivity contribution in [1.82, 2.24) is 14.9 Å². The topological polar surface area (TPSA) is 89.2 Å². The van der Waals surface area contributed by atoms with E-state index >= 15 is 0 Å². The number of imidazole rings is 1. The van der Waals surface area contributed by atoms with Gasteiger partial charge in [-0.15, -0.1) is 0 Å². The summed E-state index contributed by atoms with van der Waals surface area (Å²) in [6, 6.07) is 19.6. The van der Waals surface area contributed by atoms with E-state index in [4.69, 9.17) is 4.42 Å². The first-order chi connectivity index (χ1) is 13.6. The fourth-order valence-corrected chi connectivity index (χ4v) is 2.91. The van der Waals surface area contributed by atoms with Gasteiger partial charge in [-0.05, 0) is 43.3 Å². The Morgan fingerprint density at radius 1 is 1.00 bits per heavy atom. The lowest BCUT2D eigenvalue weighted by Gasteiger charge is -2.14. The number of hydrogen-bond acceptors (Lipinski definition) is 4. The number of rotatable bonds is 5. The molecule has 4 rings (SSSR count). The van der Waals surface area contributed by atoms with Crippen molar-refractivity contribution >= 4 is 28.8 Å². The van der Waals surface area contributed by atoms with Gasteiger partial charge in [0.25, 0.3) is 5.91 Å². The number of fused-ring (bicyclic) bond motifs is 1. The van der Waals surface area contributed by atoms with Crippen LogP contribution in [0.15, 0.2) is 77.4 Å². The van der Waals surface area contributed by atoms with Crippen LogP contribution in [0, 0.1) is 0 Å². The Kier molecular flexibility index (Phi) is 4.63. The molecular formula is C21H18N4O3. The van der Waals surface area contributed by atoms with Crippen molar-refractivity contribution in [3.8, 4) is 5.69 Å². The number of benzene rings is 2. The minimum absolute atomic E-state index is 0.149. The second-order valence-electron chi connectivity index (χ2n) is 6.26. The molecule has 0 spiro atoms. The number of aromatic nitrogens is 2. The number of carbonyl (C=O) groups is 2. The lowest BCUT2D eigenvalue weighted by molar-refractivity contribution is -0.117. The number of hydrogen-bond donors (Lipinski definition) is 2. The lowest BCUT2D eigenvalue weighted by atomic mass is 10.3. The standard InChI is InChI=1S/C21H18N4O3/c1-14(22-20(27)18-12-7-13-28-18)19(26)24-21-23-16-10-5-6-11-17(16)25(21)15-8-3-2-4-9-15/h2-14H,1H3,(H,22,27)(H,23,24,26)/t14-/m1/s1. The van der Waals surface area contributed by atoms with Crippen LogP contribution in [0.3, 0.4) is 0 Å². The van der Waals surface area contributed by atoms with Crippen molar-refractivity contribution in [3.05, 3.63) is 78.8 Å². The average molecular weight is 374 g/mol. The fraction of sp³-hybridized carbons (Fsp3) is 0.0952. The summed E-state index contributed by atoms with van der Waals surface area (Å²) in [5.74, 6) is -0.302. The van der Waals surface area contributed by atoms with Gasteiger partial charge in [0.15, 0.2) is 5.76 Å². The zero-order chi connectivity index (χ0) is 19.5. The zero-order valence-corrected chi connectivity index (χ0v) is 15.1. The van der Waals surface area contributed by atoms with Crippen LogP contribution in [0.1, 0.15) is 17.5 Å². The summed E-state index contributed by atoms with van der Waals surface area (Å²) >= 11 is 0. The number of nitrogens with zero attached hydrogens (tertiary/aromatic N) is 2. The summed E-state index contributed by atoms with van der Waals surface area (Å²) < 4.78 is 6.92. The van der Waals surface area contributed by atoms with Gasteiger partial charge in [0, 0.05) is 5.69 Å². The van der Waals surface area contributed by atoms with E-state index in [0.29, 0.717) is 5.95 Å². The predicted molar refractivity (Wildman–Crippen MR) is 105 cm³/mol. The third-order valence-electron chi connectivity index (χ3n) is 4.30. The van der Waals surface area contributed by atoms with Gasteiger partial charge in [-0.2, -0.15) is 0 Å².